The van der Waals surface area contributed by atoms with E-state index in [1.165, 1.54) is 10.8 Å². The van der Waals surface area contributed by atoms with Gasteiger partial charge in [0.25, 0.3) is 0 Å². The van der Waals surface area contributed by atoms with Gasteiger partial charge in [0.2, 0.25) is 0 Å². The predicted molar refractivity (Wildman–Crippen MR) is 89.6 cm³/mol. The highest BCUT2D eigenvalue weighted by Gasteiger charge is 1.99. The van der Waals surface area contributed by atoms with Crippen LogP contribution in [0.15, 0.2) is 60.8 Å². The third-order valence-corrected chi connectivity index (χ3v) is 3.32. The molecule has 0 bridgehead atoms. The zero-order valence-electron chi connectivity index (χ0n) is 11.7. The first-order valence-corrected chi connectivity index (χ1v) is 7.00. The molecule has 0 radical (unpaired) electrons. The fourth-order valence-electron chi connectivity index (χ4n) is 2.28. The Kier molecular flexibility index (Phi) is 3.87. The van der Waals surface area contributed by atoms with Crippen LogP contribution in [0.2, 0.25) is 0 Å². The average Bonchev–Trinajstić information content (AvgIpc) is 2.53. The number of aromatic nitrogens is 1. The number of pyridine rings is 1. The highest BCUT2D eigenvalue weighted by Crippen LogP contribution is 2.22. The number of nitrogens with two attached hydrogens (primary N) is 1. The van der Waals surface area contributed by atoms with Crippen LogP contribution < -0.4 is 16.4 Å². The molecular formula is C17H18N4. The molecule has 0 saturated heterocycles. The van der Waals surface area contributed by atoms with Crippen molar-refractivity contribution in [1.82, 2.24) is 4.98 Å². The highest BCUT2D eigenvalue weighted by molar-refractivity contribution is 5.93. The van der Waals surface area contributed by atoms with Crippen molar-refractivity contribution in [3.63, 3.8) is 0 Å². The normalized spacial score (nSPS) is 10.5. The maximum Gasteiger partial charge on any atom is 0.126 e. The largest absolute Gasteiger partial charge is 0.397 e. The minimum absolute atomic E-state index is 0.675. The molecule has 4 nitrogen and oxygen atoms in total. The number of hydrogen-bond acceptors (Lipinski definition) is 4. The van der Waals surface area contributed by atoms with Crippen molar-refractivity contribution in [2.75, 3.05) is 29.5 Å². The van der Waals surface area contributed by atoms with Gasteiger partial charge in [-0.1, -0.05) is 36.4 Å². The van der Waals surface area contributed by atoms with Gasteiger partial charge in [0, 0.05) is 24.2 Å². The maximum atomic E-state index is 5.61. The van der Waals surface area contributed by atoms with Crippen LogP contribution in [0.25, 0.3) is 10.8 Å². The third kappa shape index (κ3) is 3.23. The molecule has 4 N–H and O–H groups in total. The summed E-state index contributed by atoms with van der Waals surface area (Å²) < 4.78 is 0. The van der Waals surface area contributed by atoms with E-state index in [0.717, 1.165) is 24.6 Å². The lowest BCUT2D eigenvalue weighted by Gasteiger charge is -2.11. The van der Waals surface area contributed by atoms with Gasteiger partial charge in [0.05, 0.1) is 11.9 Å². The Labute approximate surface area is 124 Å². The molecule has 1 aromatic heterocycles. The lowest BCUT2D eigenvalue weighted by Crippen LogP contribution is -2.14. The van der Waals surface area contributed by atoms with Gasteiger partial charge in [-0.2, -0.15) is 0 Å². The average molecular weight is 278 g/mol. The van der Waals surface area contributed by atoms with Gasteiger partial charge in [0.15, 0.2) is 0 Å². The summed E-state index contributed by atoms with van der Waals surface area (Å²) in [6.45, 7) is 1.61. The van der Waals surface area contributed by atoms with Gasteiger partial charge >= 0.3 is 0 Å². The summed E-state index contributed by atoms with van der Waals surface area (Å²) in [5, 5.41) is 9.20. The SMILES string of the molecule is Nc1ccc(NCCNc2cccc3ccccc23)nc1. The number of anilines is 3. The van der Waals surface area contributed by atoms with Crippen LogP contribution in [0, 0.1) is 0 Å². The minimum Gasteiger partial charge on any atom is -0.397 e. The summed E-state index contributed by atoms with van der Waals surface area (Å²) in [5.74, 6) is 0.837. The standard InChI is InChI=1S/C17H18N4/c18-14-8-9-17(21-12-14)20-11-10-19-16-7-3-5-13-4-1-2-6-15(13)16/h1-9,12,19H,10-11,18H2,(H,20,21). The van der Waals surface area contributed by atoms with Gasteiger partial charge in [0.1, 0.15) is 5.82 Å². The number of nitrogen functional groups attached to an aromatic ring is 1. The van der Waals surface area contributed by atoms with E-state index in [9.17, 15) is 0 Å². The number of hydrogen-bond donors (Lipinski definition) is 3. The molecule has 4 heteroatoms. The molecule has 0 aliphatic carbocycles. The van der Waals surface area contributed by atoms with Gasteiger partial charge < -0.3 is 16.4 Å². The van der Waals surface area contributed by atoms with Crippen LogP contribution in [-0.2, 0) is 0 Å². The van der Waals surface area contributed by atoms with Gasteiger partial charge in [-0.05, 0) is 23.6 Å². The molecule has 106 valence electrons. The van der Waals surface area contributed by atoms with E-state index in [0.29, 0.717) is 5.69 Å². The minimum atomic E-state index is 0.675. The van der Waals surface area contributed by atoms with Crippen molar-refractivity contribution in [3.8, 4) is 0 Å². The number of nitrogens with one attached hydrogen (secondary N) is 2. The molecule has 0 amide bonds. The van der Waals surface area contributed by atoms with E-state index in [-0.39, 0.29) is 0 Å². The second-order valence-electron chi connectivity index (χ2n) is 4.86. The van der Waals surface area contributed by atoms with E-state index >= 15 is 0 Å². The Hall–Kier alpha value is -2.75. The summed E-state index contributed by atoms with van der Waals surface area (Å²) in [7, 11) is 0. The van der Waals surface area contributed by atoms with Crippen LogP contribution in [0.4, 0.5) is 17.2 Å². The molecule has 0 saturated carbocycles. The van der Waals surface area contributed by atoms with Crippen molar-refractivity contribution < 1.29 is 0 Å². The highest BCUT2D eigenvalue weighted by atomic mass is 15.0. The van der Waals surface area contributed by atoms with Crippen molar-refractivity contribution in [1.29, 1.82) is 0 Å². The molecule has 2 aromatic carbocycles. The Morgan fingerprint density at radius 2 is 1.67 bits per heavy atom. The van der Waals surface area contributed by atoms with Gasteiger partial charge in [-0.25, -0.2) is 4.98 Å². The topological polar surface area (TPSA) is 63.0 Å². The fraction of sp³-hybridized carbons (Fsp3) is 0.118. The van der Waals surface area contributed by atoms with Crippen molar-refractivity contribution in [2.45, 2.75) is 0 Å². The summed E-state index contributed by atoms with van der Waals surface area (Å²) >= 11 is 0. The number of nitrogens with zero attached hydrogens (tertiary/aromatic N) is 1. The van der Waals surface area contributed by atoms with Crippen LogP contribution in [0.5, 0.6) is 0 Å². The number of benzene rings is 2. The molecule has 1 heterocycles. The van der Waals surface area contributed by atoms with Gasteiger partial charge in [-0.3, -0.25) is 0 Å². The first kappa shape index (κ1) is 13.2. The molecule has 3 aromatic rings. The van der Waals surface area contributed by atoms with E-state index in [1.54, 1.807) is 6.20 Å². The van der Waals surface area contributed by atoms with Crippen LogP contribution >= 0.6 is 0 Å². The lowest BCUT2D eigenvalue weighted by molar-refractivity contribution is 1.06. The van der Waals surface area contributed by atoms with Crippen LogP contribution in [0.1, 0.15) is 0 Å². The van der Waals surface area contributed by atoms with Crippen molar-refractivity contribution in [3.05, 3.63) is 60.8 Å². The Bertz CT molecular complexity index is 717. The quantitative estimate of drug-likeness (QED) is 0.626. The zero-order valence-corrected chi connectivity index (χ0v) is 11.7. The fourth-order valence-corrected chi connectivity index (χ4v) is 2.28. The predicted octanol–water partition coefficient (Wildman–Crippen LogP) is 3.34. The summed E-state index contributed by atoms with van der Waals surface area (Å²) in [4.78, 5) is 4.21. The van der Waals surface area contributed by atoms with Crippen molar-refractivity contribution in [2.24, 2.45) is 0 Å². The smallest absolute Gasteiger partial charge is 0.126 e. The third-order valence-electron chi connectivity index (χ3n) is 3.32. The number of rotatable bonds is 5. The summed E-state index contributed by atoms with van der Waals surface area (Å²) in [5.41, 5.74) is 7.44. The van der Waals surface area contributed by atoms with E-state index in [2.05, 4.69) is 58.1 Å². The van der Waals surface area contributed by atoms with Crippen LogP contribution in [0.3, 0.4) is 0 Å². The molecule has 0 unspecified atom stereocenters. The maximum absolute atomic E-state index is 5.61. The lowest BCUT2D eigenvalue weighted by atomic mass is 10.1. The van der Waals surface area contributed by atoms with Crippen LogP contribution in [-0.4, -0.2) is 18.1 Å². The monoisotopic (exact) mass is 278 g/mol. The molecule has 0 spiro atoms. The first-order valence-electron chi connectivity index (χ1n) is 7.00. The molecule has 0 fully saturated rings. The summed E-state index contributed by atoms with van der Waals surface area (Å²) in [6, 6.07) is 18.4. The van der Waals surface area contributed by atoms with Gasteiger partial charge in [-0.15, -0.1) is 0 Å². The summed E-state index contributed by atoms with van der Waals surface area (Å²) in [6.07, 6.45) is 1.65. The molecule has 0 aliphatic rings. The Morgan fingerprint density at radius 3 is 2.52 bits per heavy atom. The molecular weight excluding hydrogens is 260 g/mol. The van der Waals surface area contributed by atoms with E-state index < -0.39 is 0 Å². The second kappa shape index (κ2) is 6.13. The zero-order chi connectivity index (χ0) is 14.5. The van der Waals surface area contributed by atoms with E-state index in [4.69, 9.17) is 5.73 Å². The Morgan fingerprint density at radius 1 is 0.857 bits per heavy atom. The molecule has 21 heavy (non-hydrogen) atoms. The molecule has 3 rings (SSSR count). The van der Waals surface area contributed by atoms with Crippen molar-refractivity contribution >= 4 is 28.0 Å². The van der Waals surface area contributed by atoms with E-state index in [1.807, 2.05) is 12.1 Å². The molecule has 0 atom stereocenters. The molecule has 0 aliphatic heterocycles. The second-order valence-corrected chi connectivity index (χ2v) is 4.86. The number of fused-ring (bicyclic) bond motifs is 1. The first-order chi connectivity index (χ1) is 10.3. The Balaban J connectivity index is 1.58.